The van der Waals surface area contributed by atoms with E-state index in [-0.39, 0.29) is 5.91 Å². The Labute approximate surface area is 110 Å². The minimum Gasteiger partial charge on any atom is -0.322 e. The average molecular weight is 262 g/mol. The van der Waals surface area contributed by atoms with Gasteiger partial charge in [-0.2, -0.15) is 0 Å². The van der Waals surface area contributed by atoms with Crippen LogP contribution in [0.4, 0.5) is 5.69 Å². The smallest absolute Gasteiger partial charge is 0.259 e. The van der Waals surface area contributed by atoms with Gasteiger partial charge < -0.3 is 5.32 Å². The predicted octanol–water partition coefficient (Wildman–Crippen LogP) is 3.00. The third-order valence-corrected chi connectivity index (χ3v) is 3.08. The molecular formula is C13H12ClN3O. The molecule has 0 fully saturated rings. The van der Waals surface area contributed by atoms with Crippen molar-refractivity contribution in [3.8, 4) is 0 Å². The third kappa shape index (κ3) is 2.49. The summed E-state index contributed by atoms with van der Waals surface area (Å²) in [6.45, 7) is 3.62. The lowest BCUT2D eigenvalue weighted by molar-refractivity contribution is 0.102. The first-order valence-electron chi connectivity index (χ1n) is 5.42. The lowest BCUT2D eigenvalue weighted by Gasteiger charge is -2.10. The fourth-order valence-electron chi connectivity index (χ4n) is 1.55. The highest BCUT2D eigenvalue weighted by atomic mass is 35.5. The molecule has 1 amide bonds. The monoisotopic (exact) mass is 261 g/mol. The third-order valence-electron chi connectivity index (χ3n) is 2.67. The Morgan fingerprint density at radius 1 is 1.33 bits per heavy atom. The number of carbonyl (C=O) groups is 1. The zero-order valence-electron chi connectivity index (χ0n) is 10.1. The molecule has 0 radical (unpaired) electrons. The Balaban J connectivity index is 2.27. The first kappa shape index (κ1) is 12.5. The molecule has 18 heavy (non-hydrogen) atoms. The SMILES string of the molecule is Cc1ncncc1C(=O)Nc1cccc(Cl)c1C. The Morgan fingerprint density at radius 2 is 2.11 bits per heavy atom. The summed E-state index contributed by atoms with van der Waals surface area (Å²) in [5.74, 6) is -0.238. The Bertz CT molecular complexity index is 599. The first-order chi connectivity index (χ1) is 8.59. The summed E-state index contributed by atoms with van der Waals surface area (Å²) in [4.78, 5) is 19.9. The van der Waals surface area contributed by atoms with E-state index in [0.717, 1.165) is 5.56 Å². The van der Waals surface area contributed by atoms with E-state index in [1.165, 1.54) is 12.5 Å². The number of hydrogen-bond acceptors (Lipinski definition) is 3. The van der Waals surface area contributed by atoms with E-state index in [1.807, 2.05) is 6.92 Å². The van der Waals surface area contributed by atoms with Crippen LogP contribution in [0.1, 0.15) is 21.6 Å². The summed E-state index contributed by atoms with van der Waals surface area (Å²) in [7, 11) is 0. The van der Waals surface area contributed by atoms with Crippen LogP contribution in [0.25, 0.3) is 0 Å². The molecule has 0 unspecified atom stereocenters. The topological polar surface area (TPSA) is 54.9 Å². The normalized spacial score (nSPS) is 10.2. The molecule has 2 rings (SSSR count). The van der Waals surface area contributed by atoms with Crippen LogP contribution in [0, 0.1) is 13.8 Å². The molecule has 4 nitrogen and oxygen atoms in total. The van der Waals surface area contributed by atoms with Gasteiger partial charge in [0.05, 0.1) is 11.3 Å². The highest BCUT2D eigenvalue weighted by molar-refractivity contribution is 6.31. The van der Waals surface area contributed by atoms with E-state index in [2.05, 4.69) is 15.3 Å². The lowest BCUT2D eigenvalue weighted by atomic mass is 10.1. The molecule has 1 N–H and O–H groups in total. The molecule has 0 bridgehead atoms. The van der Waals surface area contributed by atoms with Crippen LogP contribution in [0.3, 0.4) is 0 Å². The second-order valence-corrected chi connectivity index (χ2v) is 4.30. The maximum atomic E-state index is 12.1. The molecule has 0 aliphatic carbocycles. The molecule has 92 valence electrons. The van der Waals surface area contributed by atoms with Gasteiger partial charge in [0.2, 0.25) is 0 Å². The molecule has 0 saturated carbocycles. The standard InChI is InChI=1S/C13H12ClN3O/c1-8-11(14)4-3-5-12(8)17-13(18)10-6-15-7-16-9(10)2/h3-7H,1-2H3,(H,17,18). The quantitative estimate of drug-likeness (QED) is 0.904. The van der Waals surface area contributed by atoms with Gasteiger partial charge in [-0.15, -0.1) is 0 Å². The van der Waals surface area contributed by atoms with Gasteiger partial charge >= 0.3 is 0 Å². The van der Waals surface area contributed by atoms with Crippen molar-refractivity contribution in [1.82, 2.24) is 9.97 Å². The van der Waals surface area contributed by atoms with E-state index in [1.54, 1.807) is 25.1 Å². The molecule has 0 spiro atoms. The van der Waals surface area contributed by atoms with Crippen molar-refractivity contribution < 1.29 is 4.79 Å². The average Bonchev–Trinajstić information content (AvgIpc) is 2.35. The van der Waals surface area contributed by atoms with E-state index < -0.39 is 0 Å². The molecular weight excluding hydrogens is 250 g/mol. The van der Waals surface area contributed by atoms with Gasteiger partial charge in [0.15, 0.2) is 0 Å². The molecule has 0 atom stereocenters. The van der Waals surface area contributed by atoms with Crippen molar-refractivity contribution >= 4 is 23.2 Å². The molecule has 1 aromatic heterocycles. The van der Waals surface area contributed by atoms with E-state index in [0.29, 0.717) is 22.0 Å². The fraction of sp³-hybridized carbons (Fsp3) is 0.154. The number of aromatic nitrogens is 2. The molecule has 1 heterocycles. The number of benzene rings is 1. The van der Waals surface area contributed by atoms with Gasteiger partial charge in [0, 0.05) is 16.9 Å². The molecule has 2 aromatic rings. The number of halogens is 1. The highest BCUT2D eigenvalue weighted by Gasteiger charge is 2.11. The van der Waals surface area contributed by atoms with Crippen LogP contribution in [0.5, 0.6) is 0 Å². The van der Waals surface area contributed by atoms with Gasteiger partial charge in [0.25, 0.3) is 5.91 Å². The van der Waals surface area contributed by atoms with Crippen molar-refractivity contribution in [2.24, 2.45) is 0 Å². The Hall–Kier alpha value is -1.94. The number of anilines is 1. The van der Waals surface area contributed by atoms with Gasteiger partial charge in [-0.3, -0.25) is 4.79 Å². The zero-order chi connectivity index (χ0) is 13.1. The Kier molecular flexibility index (Phi) is 3.58. The van der Waals surface area contributed by atoms with E-state index in [4.69, 9.17) is 11.6 Å². The number of nitrogens with one attached hydrogen (secondary N) is 1. The minimum absolute atomic E-state index is 0.238. The summed E-state index contributed by atoms with van der Waals surface area (Å²) < 4.78 is 0. The van der Waals surface area contributed by atoms with Crippen LogP contribution in [0.15, 0.2) is 30.7 Å². The van der Waals surface area contributed by atoms with Crippen LogP contribution in [0.2, 0.25) is 5.02 Å². The fourth-order valence-corrected chi connectivity index (χ4v) is 1.72. The first-order valence-corrected chi connectivity index (χ1v) is 5.80. The summed E-state index contributed by atoms with van der Waals surface area (Å²) in [5, 5.41) is 3.42. The summed E-state index contributed by atoms with van der Waals surface area (Å²) >= 11 is 6.00. The molecule has 5 heteroatoms. The number of amides is 1. The van der Waals surface area contributed by atoms with Crippen LogP contribution >= 0.6 is 11.6 Å². The maximum absolute atomic E-state index is 12.1. The second kappa shape index (κ2) is 5.14. The van der Waals surface area contributed by atoms with Gasteiger partial charge in [0.1, 0.15) is 6.33 Å². The van der Waals surface area contributed by atoms with Crippen molar-refractivity contribution in [3.05, 3.63) is 52.6 Å². The van der Waals surface area contributed by atoms with Crippen LogP contribution in [-0.2, 0) is 0 Å². The summed E-state index contributed by atoms with van der Waals surface area (Å²) in [6, 6.07) is 5.38. The van der Waals surface area contributed by atoms with Crippen molar-refractivity contribution in [2.45, 2.75) is 13.8 Å². The molecule has 0 aliphatic heterocycles. The Morgan fingerprint density at radius 3 is 2.83 bits per heavy atom. The summed E-state index contributed by atoms with van der Waals surface area (Å²) in [5.41, 5.74) is 2.62. The number of hydrogen-bond donors (Lipinski definition) is 1. The highest BCUT2D eigenvalue weighted by Crippen LogP contribution is 2.23. The largest absolute Gasteiger partial charge is 0.322 e. The minimum atomic E-state index is -0.238. The molecule has 0 saturated heterocycles. The van der Waals surface area contributed by atoms with Crippen molar-refractivity contribution in [2.75, 3.05) is 5.32 Å². The molecule has 0 aliphatic rings. The number of aryl methyl sites for hydroxylation is 1. The lowest BCUT2D eigenvalue weighted by Crippen LogP contribution is -2.15. The number of rotatable bonds is 2. The van der Waals surface area contributed by atoms with Crippen molar-refractivity contribution in [3.63, 3.8) is 0 Å². The van der Waals surface area contributed by atoms with Gasteiger partial charge in [-0.05, 0) is 31.5 Å². The van der Waals surface area contributed by atoms with Gasteiger partial charge in [-0.25, -0.2) is 9.97 Å². The second-order valence-electron chi connectivity index (χ2n) is 3.89. The van der Waals surface area contributed by atoms with Crippen LogP contribution in [-0.4, -0.2) is 15.9 Å². The van der Waals surface area contributed by atoms with E-state index >= 15 is 0 Å². The predicted molar refractivity (Wildman–Crippen MR) is 70.9 cm³/mol. The van der Waals surface area contributed by atoms with Crippen molar-refractivity contribution in [1.29, 1.82) is 0 Å². The van der Waals surface area contributed by atoms with Crippen LogP contribution < -0.4 is 5.32 Å². The van der Waals surface area contributed by atoms with Gasteiger partial charge in [-0.1, -0.05) is 17.7 Å². The zero-order valence-corrected chi connectivity index (χ0v) is 10.8. The number of carbonyl (C=O) groups excluding carboxylic acids is 1. The van der Waals surface area contributed by atoms with E-state index in [9.17, 15) is 4.79 Å². The number of nitrogens with zero attached hydrogens (tertiary/aromatic N) is 2. The maximum Gasteiger partial charge on any atom is 0.259 e. The summed E-state index contributed by atoms with van der Waals surface area (Å²) in [6.07, 6.45) is 2.91. The molecule has 1 aromatic carbocycles.